The first-order valence-electron chi connectivity index (χ1n) is 9.45. The van der Waals surface area contributed by atoms with Gasteiger partial charge in [-0.15, -0.1) is 0 Å². The summed E-state index contributed by atoms with van der Waals surface area (Å²) in [4.78, 5) is 12.7. The van der Waals surface area contributed by atoms with Crippen LogP contribution in [0.15, 0.2) is 53.4 Å². The van der Waals surface area contributed by atoms with Gasteiger partial charge in [-0.3, -0.25) is 4.79 Å². The maximum Gasteiger partial charge on any atom is 0.255 e. The normalized spacial score (nSPS) is 20.7. The summed E-state index contributed by atoms with van der Waals surface area (Å²) in [5.74, 6) is -0.339. The topological polar surface area (TPSA) is 75.7 Å². The summed E-state index contributed by atoms with van der Waals surface area (Å²) in [6.45, 7) is 6.35. The van der Waals surface area contributed by atoms with E-state index in [1.807, 2.05) is 45.0 Å². The van der Waals surface area contributed by atoms with E-state index in [0.29, 0.717) is 24.3 Å². The first-order valence-corrected chi connectivity index (χ1v) is 10.9. The summed E-state index contributed by atoms with van der Waals surface area (Å²) in [6, 6.07) is 13.8. The second kappa shape index (κ2) is 8.43. The van der Waals surface area contributed by atoms with E-state index >= 15 is 0 Å². The van der Waals surface area contributed by atoms with Gasteiger partial charge in [0.15, 0.2) is 0 Å². The molecule has 1 N–H and O–H groups in total. The summed E-state index contributed by atoms with van der Waals surface area (Å²) in [5.41, 5.74) is 2.11. The van der Waals surface area contributed by atoms with Gasteiger partial charge in [-0.2, -0.15) is 4.31 Å². The quantitative estimate of drug-likeness (QED) is 0.833. The lowest BCUT2D eigenvalue weighted by Gasteiger charge is -2.34. The molecule has 2 aromatic rings. The van der Waals surface area contributed by atoms with Gasteiger partial charge >= 0.3 is 0 Å². The van der Waals surface area contributed by atoms with Crippen LogP contribution in [0.5, 0.6) is 0 Å². The fraction of sp³-hybridized carbons (Fsp3) is 0.381. The fourth-order valence-electron chi connectivity index (χ4n) is 3.35. The van der Waals surface area contributed by atoms with Crippen molar-refractivity contribution in [1.82, 2.24) is 4.31 Å². The predicted octanol–water partition coefficient (Wildman–Crippen LogP) is 3.30. The van der Waals surface area contributed by atoms with Gasteiger partial charge in [0.1, 0.15) is 0 Å². The van der Waals surface area contributed by atoms with Crippen molar-refractivity contribution in [2.24, 2.45) is 0 Å². The highest BCUT2D eigenvalue weighted by Crippen LogP contribution is 2.22. The number of morpholine rings is 1. The van der Waals surface area contributed by atoms with Crippen molar-refractivity contribution < 1.29 is 17.9 Å². The van der Waals surface area contributed by atoms with Crippen LogP contribution in [0.25, 0.3) is 0 Å². The maximum absolute atomic E-state index is 13.0. The molecule has 0 saturated carbocycles. The first kappa shape index (κ1) is 20.5. The lowest BCUT2D eigenvalue weighted by atomic mass is 10.1. The molecule has 0 unspecified atom stereocenters. The van der Waals surface area contributed by atoms with E-state index in [1.54, 1.807) is 12.1 Å². The third kappa shape index (κ3) is 4.60. The van der Waals surface area contributed by atoms with Gasteiger partial charge in [0.05, 0.1) is 17.1 Å². The molecule has 1 amide bonds. The third-order valence-electron chi connectivity index (χ3n) is 4.71. The fourth-order valence-corrected chi connectivity index (χ4v) is 4.98. The standard InChI is InChI=1S/C21H26N2O4S/c1-4-17-7-5-9-19(11-17)22-21(24)18-8-6-10-20(12-18)28(25,26)23-13-15(2)27-16(3)14-23/h5-12,15-16H,4,13-14H2,1-3H3,(H,22,24)/t15-,16+. The summed E-state index contributed by atoms with van der Waals surface area (Å²) in [7, 11) is -3.69. The highest BCUT2D eigenvalue weighted by molar-refractivity contribution is 7.89. The maximum atomic E-state index is 13.0. The van der Waals surface area contributed by atoms with Crippen molar-refractivity contribution in [3.63, 3.8) is 0 Å². The van der Waals surface area contributed by atoms with E-state index in [0.717, 1.165) is 12.0 Å². The second-order valence-corrected chi connectivity index (χ2v) is 9.05. The third-order valence-corrected chi connectivity index (χ3v) is 6.54. The zero-order chi connectivity index (χ0) is 20.3. The van der Waals surface area contributed by atoms with Gasteiger partial charge in [-0.25, -0.2) is 8.42 Å². The Balaban J connectivity index is 1.82. The summed E-state index contributed by atoms with van der Waals surface area (Å²) in [6.07, 6.45) is 0.528. The van der Waals surface area contributed by atoms with E-state index in [4.69, 9.17) is 4.74 Å². The number of aryl methyl sites for hydroxylation is 1. The van der Waals surface area contributed by atoms with Crippen molar-refractivity contribution in [1.29, 1.82) is 0 Å². The van der Waals surface area contributed by atoms with E-state index in [1.165, 1.54) is 16.4 Å². The molecule has 1 aliphatic rings. The molecule has 0 aliphatic carbocycles. The van der Waals surface area contributed by atoms with Crippen LogP contribution < -0.4 is 5.32 Å². The van der Waals surface area contributed by atoms with Gasteiger partial charge < -0.3 is 10.1 Å². The summed E-state index contributed by atoms with van der Waals surface area (Å²) in [5, 5.41) is 2.84. The van der Waals surface area contributed by atoms with E-state index in [9.17, 15) is 13.2 Å². The smallest absolute Gasteiger partial charge is 0.255 e. The average Bonchev–Trinajstić information content (AvgIpc) is 2.67. The Morgan fingerprint density at radius 2 is 1.79 bits per heavy atom. The molecule has 1 aliphatic heterocycles. The van der Waals surface area contributed by atoms with Crippen LogP contribution in [0, 0.1) is 0 Å². The zero-order valence-electron chi connectivity index (χ0n) is 16.4. The van der Waals surface area contributed by atoms with Crippen LogP contribution in [-0.2, 0) is 21.2 Å². The Morgan fingerprint density at radius 1 is 1.11 bits per heavy atom. The molecule has 7 heteroatoms. The lowest BCUT2D eigenvalue weighted by Crippen LogP contribution is -2.48. The molecule has 2 atom stereocenters. The monoisotopic (exact) mass is 402 g/mol. The Morgan fingerprint density at radius 3 is 2.46 bits per heavy atom. The number of rotatable bonds is 5. The van der Waals surface area contributed by atoms with Crippen molar-refractivity contribution in [3.8, 4) is 0 Å². The molecule has 150 valence electrons. The average molecular weight is 403 g/mol. The molecular weight excluding hydrogens is 376 g/mol. The Hall–Kier alpha value is -2.22. The number of carbonyl (C=O) groups is 1. The molecule has 1 fully saturated rings. The number of carbonyl (C=O) groups excluding carboxylic acids is 1. The highest BCUT2D eigenvalue weighted by Gasteiger charge is 2.32. The van der Waals surface area contributed by atoms with E-state index in [-0.39, 0.29) is 23.0 Å². The number of hydrogen-bond acceptors (Lipinski definition) is 4. The van der Waals surface area contributed by atoms with Gasteiger partial charge in [0, 0.05) is 24.3 Å². The summed E-state index contributed by atoms with van der Waals surface area (Å²) >= 11 is 0. The van der Waals surface area contributed by atoms with E-state index in [2.05, 4.69) is 5.32 Å². The Labute approximate surface area is 166 Å². The number of nitrogens with one attached hydrogen (secondary N) is 1. The highest BCUT2D eigenvalue weighted by atomic mass is 32.2. The molecule has 28 heavy (non-hydrogen) atoms. The number of benzene rings is 2. The van der Waals surface area contributed by atoms with Crippen LogP contribution in [0.2, 0.25) is 0 Å². The van der Waals surface area contributed by atoms with Crippen LogP contribution in [0.1, 0.15) is 36.7 Å². The molecule has 0 bridgehead atoms. The van der Waals surface area contributed by atoms with Gasteiger partial charge in [-0.05, 0) is 56.2 Å². The molecule has 1 heterocycles. The van der Waals surface area contributed by atoms with Crippen molar-refractivity contribution >= 4 is 21.6 Å². The molecule has 1 saturated heterocycles. The van der Waals surface area contributed by atoms with Crippen LogP contribution in [-0.4, -0.2) is 43.9 Å². The minimum absolute atomic E-state index is 0.115. The van der Waals surface area contributed by atoms with Crippen molar-refractivity contribution in [2.75, 3.05) is 18.4 Å². The number of amides is 1. The predicted molar refractivity (Wildman–Crippen MR) is 109 cm³/mol. The summed E-state index contributed by atoms with van der Waals surface area (Å²) < 4.78 is 33.1. The first-order chi connectivity index (χ1) is 13.3. The zero-order valence-corrected chi connectivity index (χ0v) is 17.2. The molecule has 0 radical (unpaired) electrons. The van der Waals surface area contributed by atoms with Gasteiger partial charge in [0.25, 0.3) is 5.91 Å². The minimum Gasteiger partial charge on any atom is -0.373 e. The number of hydrogen-bond donors (Lipinski definition) is 1. The second-order valence-electron chi connectivity index (χ2n) is 7.12. The number of anilines is 1. The molecule has 3 rings (SSSR count). The van der Waals surface area contributed by atoms with Crippen LogP contribution >= 0.6 is 0 Å². The van der Waals surface area contributed by atoms with Crippen LogP contribution in [0.3, 0.4) is 0 Å². The molecule has 2 aromatic carbocycles. The number of sulfonamides is 1. The molecule has 6 nitrogen and oxygen atoms in total. The molecular formula is C21H26N2O4S. The van der Waals surface area contributed by atoms with Gasteiger partial charge in [-0.1, -0.05) is 25.1 Å². The lowest BCUT2D eigenvalue weighted by molar-refractivity contribution is -0.0440. The minimum atomic E-state index is -3.69. The van der Waals surface area contributed by atoms with Crippen LogP contribution in [0.4, 0.5) is 5.69 Å². The van der Waals surface area contributed by atoms with E-state index < -0.39 is 10.0 Å². The number of nitrogens with zero attached hydrogens (tertiary/aromatic N) is 1. The van der Waals surface area contributed by atoms with Gasteiger partial charge in [0.2, 0.25) is 10.0 Å². The number of ether oxygens (including phenoxy) is 1. The van der Waals surface area contributed by atoms with Crippen molar-refractivity contribution in [2.45, 2.75) is 44.3 Å². The SMILES string of the molecule is CCc1cccc(NC(=O)c2cccc(S(=O)(=O)N3C[C@@H](C)O[C@@H](C)C3)c2)c1. The Bertz CT molecular complexity index is 948. The Kier molecular flexibility index (Phi) is 6.17. The van der Waals surface area contributed by atoms with Crippen molar-refractivity contribution in [3.05, 3.63) is 59.7 Å². The molecule has 0 aromatic heterocycles. The molecule has 0 spiro atoms. The largest absolute Gasteiger partial charge is 0.373 e.